The fraction of sp³-hybridized carbons (Fsp3) is 0.591. The van der Waals surface area contributed by atoms with Crippen LogP contribution in [-0.2, 0) is 6.42 Å². The van der Waals surface area contributed by atoms with Crippen LogP contribution in [0.2, 0.25) is 0 Å². The minimum atomic E-state index is -0.954. The van der Waals surface area contributed by atoms with Crippen molar-refractivity contribution in [3.05, 3.63) is 24.0 Å². The average molecular weight is 429 g/mol. The van der Waals surface area contributed by atoms with Crippen molar-refractivity contribution in [1.82, 2.24) is 24.8 Å². The molecule has 4 rings (SSSR count). The summed E-state index contributed by atoms with van der Waals surface area (Å²) in [5.74, 6) is 0.674. The first-order chi connectivity index (χ1) is 14.8. The zero-order chi connectivity index (χ0) is 22.2. The fourth-order valence-electron chi connectivity index (χ4n) is 4.57. The number of rotatable bonds is 7. The van der Waals surface area contributed by atoms with Gasteiger partial charge in [-0.25, -0.2) is 14.4 Å². The monoisotopic (exact) mass is 428 g/mol. The molecule has 31 heavy (non-hydrogen) atoms. The standard InChI is InChI=1S/C22H29FN6O2/c1-22(2,31)12-27-18(30)9-17-28-16-11-26-21-19(15(23)10-25-21)20(16)29(17)14-5-3-13(4-6-14)7-8-24/h10-11,13-14,18,27,30-31H,3-7,9,12H2,1-2H3,(H,25,26)/t13-,14-,18?. The summed E-state index contributed by atoms with van der Waals surface area (Å²) in [4.78, 5) is 11.9. The fourth-order valence-corrected chi connectivity index (χ4v) is 4.57. The van der Waals surface area contributed by atoms with Crippen LogP contribution in [0, 0.1) is 23.1 Å². The molecule has 1 atom stereocenters. The number of hydrogen-bond acceptors (Lipinski definition) is 6. The molecule has 8 nitrogen and oxygen atoms in total. The molecule has 1 fully saturated rings. The predicted octanol–water partition coefficient (Wildman–Crippen LogP) is 2.92. The van der Waals surface area contributed by atoms with Gasteiger partial charge in [0.05, 0.1) is 28.8 Å². The predicted molar refractivity (Wildman–Crippen MR) is 115 cm³/mol. The molecule has 3 aromatic rings. The van der Waals surface area contributed by atoms with E-state index in [4.69, 9.17) is 10.2 Å². The number of aromatic nitrogens is 4. The summed E-state index contributed by atoms with van der Waals surface area (Å²) in [6.45, 7) is 3.56. The summed E-state index contributed by atoms with van der Waals surface area (Å²) in [5.41, 5.74) is 0.800. The summed E-state index contributed by atoms with van der Waals surface area (Å²) >= 11 is 0. The van der Waals surface area contributed by atoms with E-state index in [-0.39, 0.29) is 24.8 Å². The molecule has 3 heterocycles. The van der Waals surface area contributed by atoms with E-state index in [9.17, 15) is 14.6 Å². The molecule has 1 aliphatic carbocycles. The molecule has 4 N–H and O–H groups in total. The van der Waals surface area contributed by atoms with Crippen molar-refractivity contribution in [3.63, 3.8) is 0 Å². The van der Waals surface area contributed by atoms with Gasteiger partial charge in [-0.3, -0.25) is 5.32 Å². The minimum absolute atomic E-state index is 0.108. The normalized spacial score (nSPS) is 20.9. The third kappa shape index (κ3) is 4.56. The number of H-pyrrole nitrogens is 1. The maximum Gasteiger partial charge on any atom is 0.152 e. The van der Waals surface area contributed by atoms with Gasteiger partial charge >= 0.3 is 0 Å². The topological polar surface area (TPSA) is 123 Å². The van der Waals surface area contributed by atoms with Gasteiger partial charge in [-0.15, -0.1) is 0 Å². The lowest BCUT2D eigenvalue weighted by molar-refractivity contribution is 0.0489. The lowest BCUT2D eigenvalue weighted by Crippen LogP contribution is -2.42. The van der Waals surface area contributed by atoms with Crippen molar-refractivity contribution in [2.24, 2.45) is 5.92 Å². The molecule has 0 aliphatic heterocycles. The largest absolute Gasteiger partial charge is 0.389 e. The van der Waals surface area contributed by atoms with Crippen LogP contribution in [0.1, 0.15) is 57.8 Å². The number of aromatic amines is 1. The van der Waals surface area contributed by atoms with Crippen LogP contribution in [0.4, 0.5) is 4.39 Å². The van der Waals surface area contributed by atoms with Gasteiger partial charge in [0.15, 0.2) is 5.82 Å². The number of aliphatic hydroxyl groups is 2. The molecule has 0 aromatic carbocycles. The van der Waals surface area contributed by atoms with Gasteiger partial charge < -0.3 is 19.8 Å². The first-order valence-electron chi connectivity index (χ1n) is 10.8. The van der Waals surface area contributed by atoms with Crippen molar-refractivity contribution >= 4 is 22.1 Å². The summed E-state index contributed by atoms with van der Waals surface area (Å²) in [5, 5.41) is 32.8. The molecular weight excluding hydrogens is 399 g/mol. The highest BCUT2D eigenvalue weighted by Gasteiger charge is 2.28. The summed E-state index contributed by atoms with van der Waals surface area (Å²) < 4.78 is 16.7. The van der Waals surface area contributed by atoms with E-state index in [1.54, 1.807) is 20.0 Å². The molecule has 1 saturated carbocycles. The van der Waals surface area contributed by atoms with E-state index < -0.39 is 11.8 Å². The van der Waals surface area contributed by atoms with E-state index in [2.05, 4.69) is 25.9 Å². The van der Waals surface area contributed by atoms with Crippen LogP contribution in [-0.4, -0.2) is 48.1 Å². The second-order valence-corrected chi connectivity index (χ2v) is 9.20. The maximum atomic E-state index is 14.7. The van der Waals surface area contributed by atoms with Crippen molar-refractivity contribution in [3.8, 4) is 6.07 Å². The first-order valence-corrected chi connectivity index (χ1v) is 10.8. The molecular formula is C22H29FN6O2. The Balaban J connectivity index is 1.72. The average Bonchev–Trinajstić information content (AvgIpc) is 3.27. The number of imidazole rings is 1. The van der Waals surface area contributed by atoms with Crippen LogP contribution < -0.4 is 5.32 Å². The molecule has 0 spiro atoms. The SMILES string of the molecule is CC(C)(O)CNC(O)Cc1nc2cnc3[nH]cc(F)c3c2n1[C@H]1CC[C@H](CC#N)CC1. The number of nitrogens with zero attached hydrogens (tertiary/aromatic N) is 4. The third-order valence-electron chi connectivity index (χ3n) is 6.08. The Morgan fingerprint density at radius 2 is 2.13 bits per heavy atom. The number of hydrogen-bond donors (Lipinski definition) is 4. The van der Waals surface area contributed by atoms with E-state index in [0.717, 1.165) is 25.7 Å². The van der Waals surface area contributed by atoms with Crippen molar-refractivity contribution in [1.29, 1.82) is 5.26 Å². The van der Waals surface area contributed by atoms with Crippen molar-refractivity contribution < 1.29 is 14.6 Å². The number of nitriles is 1. The Hall–Kier alpha value is -2.54. The van der Waals surface area contributed by atoms with Gasteiger partial charge in [0.1, 0.15) is 23.2 Å². The van der Waals surface area contributed by atoms with Crippen molar-refractivity contribution in [2.45, 2.75) is 70.2 Å². The Morgan fingerprint density at radius 1 is 1.39 bits per heavy atom. The van der Waals surface area contributed by atoms with E-state index >= 15 is 0 Å². The van der Waals surface area contributed by atoms with Crippen LogP contribution in [0.3, 0.4) is 0 Å². The quantitative estimate of drug-likeness (QED) is 0.429. The highest BCUT2D eigenvalue weighted by atomic mass is 19.1. The number of halogens is 1. The molecule has 9 heteroatoms. The van der Waals surface area contributed by atoms with Crippen LogP contribution >= 0.6 is 0 Å². The molecule has 166 valence electrons. The zero-order valence-electron chi connectivity index (χ0n) is 17.9. The van der Waals surface area contributed by atoms with Gasteiger partial charge in [-0.1, -0.05) is 0 Å². The Bertz CT molecular complexity index is 1100. The van der Waals surface area contributed by atoms with Gasteiger partial charge in [0, 0.05) is 31.6 Å². The Kier molecular flexibility index (Phi) is 5.97. The van der Waals surface area contributed by atoms with Gasteiger partial charge in [-0.2, -0.15) is 5.26 Å². The van der Waals surface area contributed by atoms with Crippen molar-refractivity contribution in [2.75, 3.05) is 6.54 Å². The number of fused-ring (bicyclic) bond motifs is 3. The lowest BCUT2D eigenvalue weighted by Gasteiger charge is -2.30. The summed E-state index contributed by atoms with van der Waals surface area (Å²) in [6, 6.07) is 2.37. The molecule has 0 radical (unpaired) electrons. The molecule has 1 unspecified atom stereocenters. The third-order valence-corrected chi connectivity index (χ3v) is 6.08. The summed E-state index contributed by atoms with van der Waals surface area (Å²) in [6.07, 6.45) is 6.41. The Morgan fingerprint density at radius 3 is 2.81 bits per heavy atom. The molecule has 0 bridgehead atoms. The van der Waals surface area contributed by atoms with E-state index in [1.807, 2.05) is 0 Å². The second-order valence-electron chi connectivity index (χ2n) is 9.20. The molecule has 0 saturated heterocycles. The maximum absolute atomic E-state index is 14.7. The smallest absolute Gasteiger partial charge is 0.152 e. The first kappa shape index (κ1) is 21.7. The van der Waals surface area contributed by atoms with E-state index in [1.165, 1.54) is 6.20 Å². The lowest BCUT2D eigenvalue weighted by atomic mass is 9.84. The molecule has 1 aliphatic rings. The van der Waals surface area contributed by atoms with Gasteiger partial charge in [0.2, 0.25) is 0 Å². The van der Waals surface area contributed by atoms with Crippen LogP contribution in [0.5, 0.6) is 0 Å². The highest BCUT2D eigenvalue weighted by molar-refractivity contribution is 6.01. The van der Waals surface area contributed by atoms with E-state index in [0.29, 0.717) is 40.2 Å². The molecule has 0 amide bonds. The van der Waals surface area contributed by atoms with Gasteiger partial charge in [-0.05, 0) is 45.4 Å². The minimum Gasteiger partial charge on any atom is -0.389 e. The molecule has 3 aromatic heterocycles. The highest BCUT2D eigenvalue weighted by Crippen LogP contribution is 2.38. The second kappa shape index (κ2) is 8.54. The number of nitrogens with one attached hydrogen (secondary N) is 2. The zero-order valence-corrected chi connectivity index (χ0v) is 17.9. The van der Waals surface area contributed by atoms with Crippen LogP contribution in [0.25, 0.3) is 22.1 Å². The number of pyridine rings is 1. The Labute approximate surface area is 180 Å². The van der Waals surface area contributed by atoms with Gasteiger partial charge in [0.25, 0.3) is 0 Å². The number of aliphatic hydroxyl groups excluding tert-OH is 1. The summed E-state index contributed by atoms with van der Waals surface area (Å²) in [7, 11) is 0. The van der Waals surface area contributed by atoms with Crippen LogP contribution in [0.15, 0.2) is 12.4 Å².